The van der Waals surface area contributed by atoms with E-state index in [1.807, 2.05) is 12.1 Å². The number of hydrogen-bond acceptors (Lipinski definition) is 2. The Labute approximate surface area is 348 Å². The van der Waals surface area contributed by atoms with Crippen molar-refractivity contribution < 1.29 is 4.21 Å². The molecule has 0 amide bonds. The minimum atomic E-state index is -1.46. The van der Waals surface area contributed by atoms with E-state index in [1.165, 1.54) is 71.6 Å². The number of anilines is 3. The van der Waals surface area contributed by atoms with Gasteiger partial charge in [0.05, 0.1) is 65.1 Å². The molecule has 2 atom stereocenters. The molecule has 0 bridgehead atoms. The van der Waals surface area contributed by atoms with Gasteiger partial charge in [-0.1, -0.05) is 133 Å². The van der Waals surface area contributed by atoms with Crippen LogP contribution in [0.3, 0.4) is 0 Å². The van der Waals surface area contributed by atoms with E-state index in [0.717, 1.165) is 43.7 Å². The van der Waals surface area contributed by atoms with Crippen LogP contribution >= 0.6 is 0 Å². The molecule has 14 rings (SSSR count). The van der Waals surface area contributed by atoms with Gasteiger partial charge in [-0.3, -0.25) is 0 Å². The summed E-state index contributed by atoms with van der Waals surface area (Å²) >= 11 is 0. The average molecular weight is 784 g/mol. The lowest BCUT2D eigenvalue weighted by Crippen LogP contribution is -2.33. The van der Waals surface area contributed by atoms with Crippen molar-refractivity contribution in [2.75, 3.05) is 4.90 Å². The zero-order chi connectivity index (χ0) is 39.3. The minimum absolute atomic E-state index is 0.628. The molecular weight excluding hydrogens is 751 g/mol. The van der Waals surface area contributed by atoms with E-state index in [-0.39, 0.29) is 0 Å². The first-order chi connectivity index (χ1) is 29.7. The Bertz CT molecular complexity index is 3650. The van der Waals surface area contributed by atoms with Gasteiger partial charge in [0.25, 0.3) is 0 Å². The molecule has 0 fully saturated rings. The summed E-state index contributed by atoms with van der Waals surface area (Å²) in [5.41, 5.74) is 16.4. The summed E-state index contributed by atoms with van der Waals surface area (Å²) in [7, 11) is -1.46. The van der Waals surface area contributed by atoms with Gasteiger partial charge in [-0.15, -0.1) is 0 Å². The molecule has 9 aromatic carbocycles. The maximum absolute atomic E-state index is 15.4. The summed E-state index contributed by atoms with van der Waals surface area (Å²) in [4.78, 5) is 4.00. The Hall–Kier alpha value is -7.47. The molecule has 5 heteroatoms. The summed E-state index contributed by atoms with van der Waals surface area (Å²) in [5, 5.41) is 4.97. The third-order valence-corrected chi connectivity index (χ3v) is 15.0. The highest BCUT2D eigenvalue weighted by Crippen LogP contribution is 2.64. The van der Waals surface area contributed by atoms with Crippen LogP contribution in [0.4, 0.5) is 17.1 Å². The van der Waals surface area contributed by atoms with E-state index >= 15 is 4.21 Å². The third-order valence-electron chi connectivity index (χ3n) is 13.5. The van der Waals surface area contributed by atoms with Gasteiger partial charge in [-0.25, -0.2) is 4.21 Å². The molecule has 0 saturated heterocycles. The van der Waals surface area contributed by atoms with Crippen LogP contribution in [0.15, 0.2) is 210 Å². The predicted octanol–water partition coefficient (Wildman–Crippen LogP) is 13.5. The third kappa shape index (κ3) is 3.85. The van der Waals surface area contributed by atoms with E-state index in [1.54, 1.807) is 0 Å². The summed E-state index contributed by atoms with van der Waals surface area (Å²) in [6.07, 6.45) is 0. The molecule has 2 aromatic heterocycles. The standard InChI is InChI=1S/C55H33N3OS/c59-60-51-27-12-11-26-49(51)57(35-30-28-34(29-31-35)56-45-22-7-2-14-36(45)37-15-3-8-23-46(37)56)50-33-32-43-52(54(50)60)40-17-1-5-19-41(40)55(43)42-20-6-10-25-48(42)58-47-24-9-4-16-38(47)39-18-13-21-44(55)53(39)58/h1-33H. The van der Waals surface area contributed by atoms with Gasteiger partial charge in [-0.2, -0.15) is 0 Å². The molecule has 0 N–H and O–H groups in total. The van der Waals surface area contributed by atoms with E-state index in [0.29, 0.717) is 0 Å². The van der Waals surface area contributed by atoms with Gasteiger partial charge in [0.1, 0.15) is 0 Å². The van der Waals surface area contributed by atoms with Gasteiger partial charge in [0.15, 0.2) is 0 Å². The lowest BCUT2D eigenvalue weighted by Gasteiger charge is -2.40. The molecule has 2 unspecified atom stereocenters. The van der Waals surface area contributed by atoms with Crippen LogP contribution in [0.5, 0.6) is 0 Å². The Balaban J connectivity index is 1.03. The van der Waals surface area contributed by atoms with Crippen LogP contribution in [-0.2, 0) is 16.2 Å². The number of benzene rings is 9. The van der Waals surface area contributed by atoms with Gasteiger partial charge in [-0.05, 0) is 94.5 Å². The lowest BCUT2D eigenvalue weighted by atomic mass is 9.65. The van der Waals surface area contributed by atoms with E-state index in [9.17, 15) is 0 Å². The van der Waals surface area contributed by atoms with Crippen molar-refractivity contribution in [1.29, 1.82) is 0 Å². The second-order valence-electron chi connectivity index (χ2n) is 16.2. The van der Waals surface area contributed by atoms with Crippen LogP contribution in [0.2, 0.25) is 0 Å². The number of hydrogen-bond donors (Lipinski definition) is 0. The van der Waals surface area contributed by atoms with Gasteiger partial charge in [0.2, 0.25) is 0 Å². The molecule has 1 spiro atoms. The van der Waals surface area contributed by atoms with Crippen molar-refractivity contribution in [3.05, 3.63) is 222 Å². The molecule has 280 valence electrons. The second-order valence-corrected chi connectivity index (χ2v) is 17.5. The van der Waals surface area contributed by atoms with Crippen molar-refractivity contribution in [2.24, 2.45) is 0 Å². The summed E-state index contributed by atoms with van der Waals surface area (Å²) in [6.45, 7) is 0. The number of rotatable bonds is 2. The van der Waals surface area contributed by atoms with Crippen molar-refractivity contribution in [3.8, 4) is 22.5 Å². The summed E-state index contributed by atoms with van der Waals surface area (Å²) in [6, 6.07) is 72.3. The van der Waals surface area contributed by atoms with Gasteiger partial charge >= 0.3 is 0 Å². The fraction of sp³-hybridized carbons (Fsp3) is 0.0182. The normalized spacial score (nSPS) is 16.9. The van der Waals surface area contributed by atoms with Crippen LogP contribution in [0.25, 0.3) is 66.1 Å². The molecule has 0 radical (unpaired) electrons. The highest BCUT2D eigenvalue weighted by Gasteiger charge is 2.52. The van der Waals surface area contributed by atoms with Crippen molar-refractivity contribution in [3.63, 3.8) is 0 Å². The van der Waals surface area contributed by atoms with E-state index in [4.69, 9.17) is 0 Å². The Morgan fingerprint density at radius 2 is 0.933 bits per heavy atom. The molecule has 2 aliphatic heterocycles. The van der Waals surface area contributed by atoms with E-state index in [2.05, 4.69) is 202 Å². The summed E-state index contributed by atoms with van der Waals surface area (Å²) < 4.78 is 20.2. The first-order valence-corrected chi connectivity index (χ1v) is 21.7. The minimum Gasteiger partial charge on any atom is -0.309 e. The van der Waals surface area contributed by atoms with Crippen LogP contribution in [0, 0.1) is 0 Å². The van der Waals surface area contributed by atoms with Crippen LogP contribution < -0.4 is 4.90 Å². The van der Waals surface area contributed by atoms with Crippen molar-refractivity contribution >= 4 is 71.5 Å². The first kappa shape index (κ1) is 32.5. The average Bonchev–Trinajstić information content (AvgIpc) is 3.94. The smallest absolute Gasteiger partial charge is 0.0898 e. The molecule has 60 heavy (non-hydrogen) atoms. The van der Waals surface area contributed by atoms with E-state index < -0.39 is 16.2 Å². The molecule has 4 heterocycles. The quantitative estimate of drug-likeness (QED) is 0.175. The Morgan fingerprint density at radius 3 is 1.68 bits per heavy atom. The maximum Gasteiger partial charge on any atom is 0.0898 e. The SMILES string of the molecule is O=S1c2ccccc2N(c2ccc(-n3c4ccccc4c4ccccc43)cc2)c2ccc3c(c21)-c1ccccc1C31c2ccccc2-n2c3ccccc3c3cccc1c32. The van der Waals surface area contributed by atoms with Crippen LogP contribution in [-0.4, -0.2) is 13.3 Å². The largest absolute Gasteiger partial charge is 0.309 e. The topological polar surface area (TPSA) is 30.2 Å². The molecule has 11 aromatic rings. The van der Waals surface area contributed by atoms with Gasteiger partial charge in [0, 0.05) is 38.5 Å². The second kappa shape index (κ2) is 11.6. The lowest BCUT2D eigenvalue weighted by molar-refractivity contribution is 0.682. The van der Waals surface area contributed by atoms with Crippen LogP contribution in [0.1, 0.15) is 22.3 Å². The number of nitrogens with zero attached hydrogens (tertiary/aromatic N) is 3. The molecule has 0 saturated carbocycles. The Kier molecular flexibility index (Phi) is 6.28. The fourth-order valence-electron chi connectivity index (χ4n) is 11.2. The molecule has 1 aliphatic carbocycles. The highest BCUT2D eigenvalue weighted by molar-refractivity contribution is 7.85. The first-order valence-electron chi connectivity index (χ1n) is 20.5. The Morgan fingerprint density at radius 1 is 0.383 bits per heavy atom. The summed E-state index contributed by atoms with van der Waals surface area (Å²) in [5.74, 6) is 0. The van der Waals surface area contributed by atoms with Gasteiger partial charge < -0.3 is 14.0 Å². The molecular formula is C55H33N3OS. The predicted molar refractivity (Wildman–Crippen MR) is 245 cm³/mol. The molecule has 4 nitrogen and oxygen atoms in total. The fourth-order valence-corrected chi connectivity index (χ4v) is 12.8. The number of para-hydroxylation sites is 6. The number of fused-ring (bicyclic) bond motifs is 18. The monoisotopic (exact) mass is 783 g/mol. The number of aromatic nitrogens is 2. The van der Waals surface area contributed by atoms with Crippen molar-refractivity contribution in [2.45, 2.75) is 15.2 Å². The zero-order valence-electron chi connectivity index (χ0n) is 32.2. The maximum atomic E-state index is 15.4. The van der Waals surface area contributed by atoms with Crippen molar-refractivity contribution in [1.82, 2.24) is 9.13 Å². The molecule has 3 aliphatic rings. The highest BCUT2D eigenvalue weighted by atomic mass is 32.2. The zero-order valence-corrected chi connectivity index (χ0v) is 33.0.